The number of nitrogens with zero attached hydrogens (tertiary/aromatic N) is 1. The van der Waals surface area contributed by atoms with Gasteiger partial charge in [-0.15, -0.1) is 11.3 Å². The van der Waals surface area contributed by atoms with E-state index in [-0.39, 0.29) is 0 Å². The Morgan fingerprint density at radius 2 is 2.21 bits per heavy atom. The third kappa shape index (κ3) is 1.51. The van der Waals surface area contributed by atoms with Crippen LogP contribution in [0.5, 0.6) is 0 Å². The third-order valence-corrected chi connectivity index (χ3v) is 3.33. The summed E-state index contributed by atoms with van der Waals surface area (Å²) < 4.78 is 1.23. The molecule has 1 heterocycles. The molecule has 0 aliphatic heterocycles. The minimum Gasteiger partial charge on any atom is -0.411 e. The van der Waals surface area contributed by atoms with Crippen LogP contribution in [-0.4, -0.2) is 10.9 Å². The Morgan fingerprint density at radius 3 is 2.86 bits per heavy atom. The summed E-state index contributed by atoms with van der Waals surface area (Å²) >= 11 is 1.66. The number of thiophene rings is 1. The van der Waals surface area contributed by atoms with Crippen LogP contribution < -0.4 is 0 Å². The van der Waals surface area contributed by atoms with Crippen molar-refractivity contribution in [2.45, 2.75) is 13.3 Å². The number of benzene rings is 1. The van der Waals surface area contributed by atoms with Gasteiger partial charge in [-0.3, -0.25) is 0 Å². The first-order valence-electron chi connectivity index (χ1n) is 4.55. The second-order valence-electron chi connectivity index (χ2n) is 3.05. The lowest BCUT2D eigenvalue weighted by molar-refractivity contribution is 0.318. The SMILES string of the molecule is CCC(=NO)c1cc2ccccc2s1. The molecule has 1 aromatic carbocycles. The Balaban J connectivity index is 2.55. The highest BCUT2D eigenvalue weighted by atomic mass is 32.1. The Morgan fingerprint density at radius 1 is 1.43 bits per heavy atom. The molecule has 0 aliphatic rings. The predicted molar refractivity (Wildman–Crippen MR) is 60.4 cm³/mol. The summed E-state index contributed by atoms with van der Waals surface area (Å²) in [6.07, 6.45) is 0.753. The van der Waals surface area contributed by atoms with E-state index in [1.807, 2.05) is 19.1 Å². The quantitative estimate of drug-likeness (QED) is 0.454. The summed E-state index contributed by atoms with van der Waals surface area (Å²) in [4.78, 5) is 1.05. The standard InChI is InChI=1S/C11H11NOS/c1-2-9(12-13)11-7-8-5-3-4-6-10(8)14-11/h3-7,13H,2H2,1H3. The fourth-order valence-electron chi connectivity index (χ4n) is 1.42. The van der Waals surface area contributed by atoms with Gasteiger partial charge < -0.3 is 5.21 Å². The van der Waals surface area contributed by atoms with Gasteiger partial charge in [0.05, 0.1) is 10.6 Å². The van der Waals surface area contributed by atoms with Crippen LogP contribution in [0.4, 0.5) is 0 Å². The maximum absolute atomic E-state index is 8.80. The van der Waals surface area contributed by atoms with Crippen LogP contribution in [0.15, 0.2) is 35.5 Å². The van der Waals surface area contributed by atoms with Crippen LogP contribution in [0.3, 0.4) is 0 Å². The lowest BCUT2D eigenvalue weighted by Gasteiger charge is -1.93. The van der Waals surface area contributed by atoms with E-state index < -0.39 is 0 Å². The highest BCUT2D eigenvalue weighted by molar-refractivity contribution is 7.20. The molecule has 0 atom stereocenters. The topological polar surface area (TPSA) is 32.6 Å². The van der Waals surface area contributed by atoms with E-state index in [0.717, 1.165) is 17.0 Å². The Bertz CT molecular complexity index is 440. The Kier molecular flexibility index (Phi) is 2.50. The average Bonchev–Trinajstić information content (AvgIpc) is 2.63. The number of oxime groups is 1. The molecule has 0 aliphatic carbocycles. The van der Waals surface area contributed by atoms with Crippen molar-refractivity contribution in [1.82, 2.24) is 0 Å². The van der Waals surface area contributed by atoms with Gasteiger partial charge in [0.25, 0.3) is 0 Å². The van der Waals surface area contributed by atoms with E-state index in [1.165, 1.54) is 10.1 Å². The molecule has 14 heavy (non-hydrogen) atoms. The summed E-state index contributed by atoms with van der Waals surface area (Å²) in [6.45, 7) is 1.99. The van der Waals surface area contributed by atoms with Crippen molar-refractivity contribution in [3.8, 4) is 0 Å². The molecule has 0 fully saturated rings. The van der Waals surface area contributed by atoms with Crippen LogP contribution in [0, 0.1) is 0 Å². The van der Waals surface area contributed by atoms with Crippen LogP contribution in [-0.2, 0) is 0 Å². The molecule has 1 N–H and O–H groups in total. The molecule has 3 heteroatoms. The normalized spacial score (nSPS) is 12.2. The molecule has 2 rings (SSSR count). The zero-order valence-electron chi connectivity index (χ0n) is 7.90. The van der Waals surface area contributed by atoms with Crippen molar-refractivity contribution in [3.63, 3.8) is 0 Å². The predicted octanol–water partition coefficient (Wildman–Crippen LogP) is 3.49. The number of fused-ring (bicyclic) bond motifs is 1. The van der Waals surface area contributed by atoms with Crippen LogP contribution >= 0.6 is 11.3 Å². The summed E-state index contributed by atoms with van der Waals surface area (Å²) in [6, 6.07) is 10.2. The Labute approximate surface area is 86.5 Å². The molecule has 2 nitrogen and oxygen atoms in total. The molecule has 0 saturated carbocycles. The van der Waals surface area contributed by atoms with Crippen LogP contribution in [0.2, 0.25) is 0 Å². The third-order valence-electron chi connectivity index (χ3n) is 2.17. The largest absolute Gasteiger partial charge is 0.411 e. The Hall–Kier alpha value is -1.35. The van der Waals surface area contributed by atoms with E-state index in [2.05, 4.69) is 23.4 Å². The average molecular weight is 205 g/mol. The summed E-state index contributed by atoms with van der Waals surface area (Å²) in [5.74, 6) is 0. The molecule has 0 radical (unpaired) electrons. The molecule has 0 bridgehead atoms. The molecule has 1 aromatic heterocycles. The second kappa shape index (κ2) is 3.80. The van der Waals surface area contributed by atoms with Crippen molar-refractivity contribution in [3.05, 3.63) is 35.2 Å². The van der Waals surface area contributed by atoms with Gasteiger partial charge in [-0.2, -0.15) is 0 Å². The minimum absolute atomic E-state index is 0.753. The molecule has 0 saturated heterocycles. The van der Waals surface area contributed by atoms with E-state index in [0.29, 0.717) is 0 Å². The number of hydrogen-bond donors (Lipinski definition) is 1. The van der Waals surface area contributed by atoms with Gasteiger partial charge in [0.2, 0.25) is 0 Å². The first-order valence-corrected chi connectivity index (χ1v) is 5.36. The number of hydrogen-bond acceptors (Lipinski definition) is 3. The van der Waals surface area contributed by atoms with Gasteiger partial charge in [0.1, 0.15) is 0 Å². The lowest BCUT2D eigenvalue weighted by atomic mass is 10.2. The van der Waals surface area contributed by atoms with E-state index in [9.17, 15) is 0 Å². The van der Waals surface area contributed by atoms with Crippen molar-refractivity contribution in [2.24, 2.45) is 5.16 Å². The molecule has 72 valence electrons. The zero-order chi connectivity index (χ0) is 9.97. The minimum atomic E-state index is 0.753. The van der Waals surface area contributed by atoms with Crippen molar-refractivity contribution >= 4 is 27.1 Å². The maximum atomic E-state index is 8.80. The molecule has 0 amide bonds. The van der Waals surface area contributed by atoms with Gasteiger partial charge in [0, 0.05) is 4.70 Å². The van der Waals surface area contributed by atoms with Gasteiger partial charge in [0.15, 0.2) is 0 Å². The smallest absolute Gasteiger partial charge is 0.0964 e. The maximum Gasteiger partial charge on any atom is 0.0964 e. The van der Waals surface area contributed by atoms with E-state index >= 15 is 0 Å². The molecule has 2 aromatic rings. The van der Waals surface area contributed by atoms with Crippen molar-refractivity contribution < 1.29 is 5.21 Å². The number of rotatable bonds is 2. The first kappa shape index (κ1) is 9.21. The molecular formula is C11H11NOS. The van der Waals surface area contributed by atoms with Gasteiger partial charge >= 0.3 is 0 Å². The molecule has 0 spiro atoms. The van der Waals surface area contributed by atoms with Gasteiger partial charge in [-0.05, 0) is 23.9 Å². The lowest BCUT2D eigenvalue weighted by Crippen LogP contribution is -1.94. The highest BCUT2D eigenvalue weighted by Crippen LogP contribution is 2.26. The summed E-state index contributed by atoms with van der Waals surface area (Å²) in [5, 5.41) is 13.3. The summed E-state index contributed by atoms with van der Waals surface area (Å²) in [7, 11) is 0. The second-order valence-corrected chi connectivity index (χ2v) is 4.13. The first-order chi connectivity index (χ1) is 6.85. The monoisotopic (exact) mass is 205 g/mol. The van der Waals surface area contributed by atoms with Crippen molar-refractivity contribution in [1.29, 1.82) is 0 Å². The zero-order valence-corrected chi connectivity index (χ0v) is 8.71. The van der Waals surface area contributed by atoms with Gasteiger partial charge in [-0.1, -0.05) is 30.3 Å². The van der Waals surface area contributed by atoms with Crippen molar-refractivity contribution in [2.75, 3.05) is 0 Å². The molecule has 0 unspecified atom stereocenters. The highest BCUT2D eigenvalue weighted by Gasteiger charge is 2.06. The van der Waals surface area contributed by atoms with E-state index in [4.69, 9.17) is 5.21 Å². The van der Waals surface area contributed by atoms with Gasteiger partial charge in [-0.25, -0.2) is 0 Å². The van der Waals surface area contributed by atoms with Crippen LogP contribution in [0.1, 0.15) is 18.2 Å². The van der Waals surface area contributed by atoms with Crippen LogP contribution in [0.25, 0.3) is 10.1 Å². The van der Waals surface area contributed by atoms with E-state index in [1.54, 1.807) is 11.3 Å². The summed E-state index contributed by atoms with van der Waals surface area (Å²) in [5.41, 5.74) is 0.756. The fraction of sp³-hybridized carbons (Fsp3) is 0.182. The fourth-order valence-corrected chi connectivity index (χ4v) is 2.54. The molecular weight excluding hydrogens is 194 g/mol.